The molecule has 2 amide bonds. The third-order valence-electron chi connectivity index (χ3n) is 4.71. The maximum atomic E-state index is 12.8. The van der Waals surface area contributed by atoms with Crippen molar-refractivity contribution >= 4 is 23.2 Å². The molecule has 0 bridgehead atoms. The smallest absolute Gasteiger partial charge is 0.262 e. The normalized spacial score (nSPS) is 15.0. The van der Waals surface area contributed by atoms with E-state index in [0.29, 0.717) is 29.4 Å². The number of nitrogens with one attached hydrogen (secondary N) is 1. The van der Waals surface area contributed by atoms with Crippen molar-refractivity contribution in [3.63, 3.8) is 0 Å². The van der Waals surface area contributed by atoms with E-state index >= 15 is 0 Å². The first-order chi connectivity index (χ1) is 13.8. The molecule has 0 aliphatic carbocycles. The maximum Gasteiger partial charge on any atom is 0.262 e. The minimum Gasteiger partial charge on any atom is -0.490 e. The van der Waals surface area contributed by atoms with E-state index in [1.54, 1.807) is 29.2 Å². The second kappa shape index (κ2) is 8.39. The van der Waals surface area contributed by atoms with Gasteiger partial charge in [-0.1, -0.05) is 24.3 Å². The fourth-order valence-electron chi connectivity index (χ4n) is 3.09. The lowest BCUT2D eigenvalue weighted by atomic mass is 9.93. The number of aryl methyl sites for hydroxylation is 1. The molecule has 1 heterocycles. The Hall–Kier alpha value is -3.28. The molecule has 29 heavy (non-hydrogen) atoms. The van der Waals surface area contributed by atoms with E-state index in [4.69, 9.17) is 9.47 Å². The van der Waals surface area contributed by atoms with Gasteiger partial charge in [0.05, 0.1) is 11.1 Å². The molecule has 0 aromatic heterocycles. The van der Waals surface area contributed by atoms with Gasteiger partial charge in [-0.25, -0.2) is 0 Å². The number of benzene rings is 2. The summed E-state index contributed by atoms with van der Waals surface area (Å²) in [5.41, 5.74) is 1.54. The number of carbonyl (C=O) groups is 2. The molecular formula is C23H26N2O4. The Morgan fingerprint density at radius 1 is 1.31 bits per heavy atom. The predicted molar refractivity (Wildman–Crippen MR) is 114 cm³/mol. The van der Waals surface area contributed by atoms with Crippen molar-refractivity contribution in [2.75, 3.05) is 30.0 Å². The molecule has 1 aliphatic heterocycles. The number of hydrogen-bond donors (Lipinski definition) is 1. The molecule has 2 aromatic carbocycles. The largest absolute Gasteiger partial charge is 0.490 e. The van der Waals surface area contributed by atoms with Crippen molar-refractivity contribution in [2.24, 2.45) is 5.41 Å². The van der Waals surface area contributed by atoms with Crippen LogP contribution < -0.4 is 19.7 Å². The zero-order chi connectivity index (χ0) is 21.0. The van der Waals surface area contributed by atoms with E-state index in [2.05, 4.69) is 11.9 Å². The minimum absolute atomic E-state index is 0.0282. The SMILES string of the molecule is C=CCN1C(=O)C(C)(C)COc2cc(NC(=O)COc3ccccc3C)ccc21. The zero-order valence-corrected chi connectivity index (χ0v) is 17.0. The molecule has 6 nitrogen and oxygen atoms in total. The Bertz CT molecular complexity index is 936. The van der Waals surface area contributed by atoms with Crippen LogP contribution in [0.2, 0.25) is 0 Å². The van der Waals surface area contributed by atoms with Crippen LogP contribution in [0.1, 0.15) is 19.4 Å². The predicted octanol–water partition coefficient (Wildman–Crippen LogP) is 3.95. The van der Waals surface area contributed by atoms with Gasteiger partial charge in [-0.2, -0.15) is 0 Å². The molecule has 0 saturated carbocycles. The summed E-state index contributed by atoms with van der Waals surface area (Å²) in [6.45, 7) is 9.90. The van der Waals surface area contributed by atoms with Crippen LogP contribution in [0.5, 0.6) is 11.5 Å². The highest BCUT2D eigenvalue weighted by Crippen LogP contribution is 2.38. The Morgan fingerprint density at radius 2 is 2.07 bits per heavy atom. The number of nitrogens with zero attached hydrogens (tertiary/aromatic N) is 1. The van der Waals surface area contributed by atoms with Gasteiger partial charge in [-0.05, 0) is 44.5 Å². The van der Waals surface area contributed by atoms with Gasteiger partial charge in [0.15, 0.2) is 6.61 Å². The van der Waals surface area contributed by atoms with Crippen LogP contribution in [0.25, 0.3) is 0 Å². The number of para-hydroxylation sites is 1. The summed E-state index contributed by atoms with van der Waals surface area (Å²) in [6, 6.07) is 12.8. The average molecular weight is 394 g/mol. The molecule has 0 fully saturated rings. The first-order valence-corrected chi connectivity index (χ1v) is 9.50. The number of rotatable bonds is 6. The molecule has 0 saturated heterocycles. The van der Waals surface area contributed by atoms with Crippen LogP contribution in [0.4, 0.5) is 11.4 Å². The fraction of sp³-hybridized carbons (Fsp3) is 0.304. The molecule has 3 rings (SSSR count). The fourth-order valence-corrected chi connectivity index (χ4v) is 3.09. The van der Waals surface area contributed by atoms with Crippen molar-refractivity contribution in [2.45, 2.75) is 20.8 Å². The van der Waals surface area contributed by atoms with Crippen molar-refractivity contribution in [3.05, 3.63) is 60.7 Å². The highest BCUT2D eigenvalue weighted by Gasteiger charge is 2.37. The second-order valence-electron chi connectivity index (χ2n) is 7.66. The van der Waals surface area contributed by atoms with Crippen LogP contribution in [-0.2, 0) is 9.59 Å². The molecule has 0 spiro atoms. The van der Waals surface area contributed by atoms with Gasteiger partial charge in [-0.15, -0.1) is 6.58 Å². The van der Waals surface area contributed by atoms with Gasteiger partial charge in [0, 0.05) is 18.3 Å². The van der Waals surface area contributed by atoms with Gasteiger partial charge in [0.2, 0.25) is 5.91 Å². The molecule has 0 unspecified atom stereocenters. The van der Waals surface area contributed by atoms with Gasteiger partial charge >= 0.3 is 0 Å². The van der Waals surface area contributed by atoms with Gasteiger partial charge < -0.3 is 19.7 Å². The highest BCUT2D eigenvalue weighted by molar-refractivity contribution is 6.00. The summed E-state index contributed by atoms with van der Waals surface area (Å²) in [6.07, 6.45) is 1.68. The maximum absolute atomic E-state index is 12.8. The number of amides is 2. The molecule has 1 aliphatic rings. The summed E-state index contributed by atoms with van der Waals surface area (Å²) in [7, 11) is 0. The van der Waals surface area contributed by atoms with Crippen LogP contribution in [0.15, 0.2) is 55.1 Å². The number of ether oxygens (including phenoxy) is 2. The Morgan fingerprint density at radius 3 is 2.79 bits per heavy atom. The lowest BCUT2D eigenvalue weighted by Gasteiger charge is -2.27. The van der Waals surface area contributed by atoms with Crippen molar-refractivity contribution < 1.29 is 19.1 Å². The summed E-state index contributed by atoms with van der Waals surface area (Å²) in [5, 5.41) is 2.81. The third kappa shape index (κ3) is 4.59. The number of anilines is 2. The lowest BCUT2D eigenvalue weighted by molar-refractivity contribution is -0.127. The van der Waals surface area contributed by atoms with E-state index in [1.807, 2.05) is 45.0 Å². The van der Waals surface area contributed by atoms with Gasteiger partial charge in [-0.3, -0.25) is 9.59 Å². The molecular weight excluding hydrogens is 368 g/mol. The quantitative estimate of drug-likeness (QED) is 0.754. The van der Waals surface area contributed by atoms with Gasteiger partial charge in [0.25, 0.3) is 5.91 Å². The molecule has 2 aromatic rings. The Kier molecular flexibility index (Phi) is 5.92. The van der Waals surface area contributed by atoms with Crippen LogP contribution in [0.3, 0.4) is 0 Å². The second-order valence-corrected chi connectivity index (χ2v) is 7.66. The van der Waals surface area contributed by atoms with Crippen LogP contribution in [0, 0.1) is 12.3 Å². The highest BCUT2D eigenvalue weighted by atomic mass is 16.5. The monoisotopic (exact) mass is 394 g/mol. The van der Waals surface area contributed by atoms with E-state index in [1.165, 1.54) is 0 Å². The first-order valence-electron chi connectivity index (χ1n) is 9.50. The van der Waals surface area contributed by atoms with E-state index in [0.717, 1.165) is 5.56 Å². The number of hydrogen-bond acceptors (Lipinski definition) is 4. The first kappa shape index (κ1) is 20.5. The Balaban J connectivity index is 1.74. The van der Waals surface area contributed by atoms with E-state index in [9.17, 15) is 9.59 Å². The van der Waals surface area contributed by atoms with Crippen molar-refractivity contribution in [1.29, 1.82) is 0 Å². The van der Waals surface area contributed by atoms with Gasteiger partial charge in [0.1, 0.15) is 18.1 Å². The number of carbonyl (C=O) groups excluding carboxylic acids is 2. The van der Waals surface area contributed by atoms with E-state index in [-0.39, 0.29) is 25.0 Å². The van der Waals surface area contributed by atoms with Crippen molar-refractivity contribution in [3.8, 4) is 11.5 Å². The summed E-state index contributed by atoms with van der Waals surface area (Å²) in [4.78, 5) is 26.8. The zero-order valence-electron chi connectivity index (χ0n) is 17.0. The minimum atomic E-state index is -0.660. The van der Waals surface area contributed by atoms with Crippen LogP contribution in [-0.4, -0.2) is 31.6 Å². The molecule has 6 heteroatoms. The third-order valence-corrected chi connectivity index (χ3v) is 4.71. The Labute approximate surface area is 171 Å². The molecule has 1 N–H and O–H groups in total. The summed E-state index contributed by atoms with van der Waals surface area (Å²) >= 11 is 0. The van der Waals surface area contributed by atoms with Crippen molar-refractivity contribution in [1.82, 2.24) is 0 Å². The molecule has 152 valence electrons. The topological polar surface area (TPSA) is 67.9 Å². The standard InChI is InChI=1S/C23H26N2O4/c1-5-12-25-18-11-10-17(13-20(18)29-15-23(3,4)22(25)27)24-21(26)14-28-19-9-7-6-8-16(19)2/h5-11,13H,1,12,14-15H2,2-4H3,(H,24,26). The lowest BCUT2D eigenvalue weighted by Crippen LogP contribution is -2.42. The summed E-state index contributed by atoms with van der Waals surface area (Å²) < 4.78 is 11.5. The van der Waals surface area contributed by atoms with Crippen LogP contribution >= 0.6 is 0 Å². The molecule has 0 atom stereocenters. The van der Waals surface area contributed by atoms with E-state index < -0.39 is 5.41 Å². The number of fused-ring (bicyclic) bond motifs is 1. The summed E-state index contributed by atoms with van der Waals surface area (Å²) in [5.74, 6) is 0.915. The molecule has 0 radical (unpaired) electrons. The average Bonchev–Trinajstić information content (AvgIpc) is 2.78.